The molecule has 19 heavy (non-hydrogen) atoms. The highest BCUT2D eigenvalue weighted by Gasteiger charge is 2.27. The molecular weight excluding hydrogens is 259 g/mol. The highest BCUT2D eigenvalue weighted by Crippen LogP contribution is 2.30. The number of alkyl halides is 2. The zero-order chi connectivity index (χ0) is 14.2. The molecule has 1 amide bonds. The van der Waals surface area contributed by atoms with Crippen LogP contribution < -0.4 is 5.73 Å². The van der Waals surface area contributed by atoms with E-state index in [1.807, 2.05) is 0 Å². The van der Waals surface area contributed by atoms with Crippen molar-refractivity contribution in [3.63, 3.8) is 0 Å². The van der Waals surface area contributed by atoms with Crippen molar-refractivity contribution >= 4 is 5.91 Å². The summed E-state index contributed by atoms with van der Waals surface area (Å²) < 4.78 is 39.6. The summed E-state index contributed by atoms with van der Waals surface area (Å²) in [7, 11) is 1.41. The molecule has 0 aliphatic carbocycles. The van der Waals surface area contributed by atoms with Gasteiger partial charge in [-0.15, -0.1) is 0 Å². The van der Waals surface area contributed by atoms with Crippen molar-refractivity contribution in [2.75, 3.05) is 0 Å². The number of aromatic nitrogens is 2. The molecule has 2 N–H and O–H groups in total. The fraction of sp³-hybridized carbons (Fsp3) is 0.167. The van der Waals surface area contributed by atoms with Gasteiger partial charge in [0, 0.05) is 12.6 Å². The molecule has 4 nitrogen and oxygen atoms in total. The molecule has 0 spiro atoms. The van der Waals surface area contributed by atoms with Crippen LogP contribution in [0, 0.1) is 5.82 Å². The lowest BCUT2D eigenvalue weighted by atomic mass is 10.1. The number of rotatable bonds is 3. The molecule has 0 bridgehead atoms. The second-order valence-corrected chi connectivity index (χ2v) is 3.90. The number of hydrogen-bond donors (Lipinski definition) is 1. The van der Waals surface area contributed by atoms with Gasteiger partial charge in [0.25, 0.3) is 12.3 Å². The van der Waals surface area contributed by atoms with E-state index in [0.717, 1.165) is 16.8 Å². The van der Waals surface area contributed by atoms with Crippen molar-refractivity contribution in [3.05, 3.63) is 41.3 Å². The second-order valence-electron chi connectivity index (χ2n) is 3.90. The van der Waals surface area contributed by atoms with E-state index in [9.17, 15) is 18.0 Å². The predicted molar refractivity (Wildman–Crippen MR) is 62.1 cm³/mol. The Labute approximate surface area is 106 Å². The van der Waals surface area contributed by atoms with Crippen LogP contribution in [0.2, 0.25) is 0 Å². The first-order valence-corrected chi connectivity index (χ1v) is 5.32. The van der Waals surface area contributed by atoms with Gasteiger partial charge < -0.3 is 5.73 Å². The molecule has 1 heterocycles. The first-order valence-electron chi connectivity index (χ1n) is 5.32. The minimum atomic E-state index is -2.91. The average Bonchev–Trinajstić information content (AvgIpc) is 2.68. The molecule has 2 rings (SSSR count). The third kappa shape index (κ3) is 2.31. The lowest BCUT2D eigenvalue weighted by molar-refractivity contribution is 0.0985. The number of benzene rings is 1. The van der Waals surface area contributed by atoms with Crippen molar-refractivity contribution in [1.29, 1.82) is 0 Å². The summed E-state index contributed by atoms with van der Waals surface area (Å²) in [6.07, 6.45) is -2.91. The van der Waals surface area contributed by atoms with Gasteiger partial charge >= 0.3 is 0 Å². The SMILES string of the molecule is Cn1nc(C(F)F)c(C(N)=O)c1-c1ccc(F)cc1. The van der Waals surface area contributed by atoms with E-state index < -0.39 is 23.8 Å². The van der Waals surface area contributed by atoms with Crippen LogP contribution in [0.25, 0.3) is 11.3 Å². The number of amides is 1. The molecule has 7 heteroatoms. The quantitative estimate of drug-likeness (QED) is 0.929. The van der Waals surface area contributed by atoms with E-state index in [0.29, 0.717) is 5.56 Å². The molecule has 0 fully saturated rings. The molecule has 0 unspecified atom stereocenters. The van der Waals surface area contributed by atoms with Gasteiger partial charge in [-0.1, -0.05) is 0 Å². The summed E-state index contributed by atoms with van der Waals surface area (Å²) in [4.78, 5) is 11.4. The summed E-state index contributed by atoms with van der Waals surface area (Å²) in [6, 6.07) is 5.06. The number of carbonyl (C=O) groups is 1. The third-order valence-corrected chi connectivity index (χ3v) is 2.65. The molecule has 1 aromatic heterocycles. The summed E-state index contributed by atoms with van der Waals surface area (Å²) >= 11 is 0. The number of halogens is 3. The number of primary amides is 1. The van der Waals surface area contributed by atoms with Gasteiger partial charge in [-0.3, -0.25) is 9.48 Å². The molecule has 0 aliphatic rings. The largest absolute Gasteiger partial charge is 0.365 e. The van der Waals surface area contributed by atoms with E-state index in [1.54, 1.807) is 0 Å². The average molecular weight is 269 g/mol. The first-order chi connectivity index (χ1) is 8.91. The maximum absolute atomic E-state index is 12.9. The molecule has 0 radical (unpaired) electrons. The highest BCUT2D eigenvalue weighted by atomic mass is 19.3. The van der Waals surface area contributed by atoms with Gasteiger partial charge in [0.2, 0.25) is 0 Å². The molecule has 0 saturated heterocycles. The van der Waals surface area contributed by atoms with Gasteiger partial charge in [-0.2, -0.15) is 5.10 Å². The second kappa shape index (κ2) is 4.75. The molecular formula is C12H10F3N3O. The zero-order valence-electron chi connectivity index (χ0n) is 9.90. The van der Waals surface area contributed by atoms with E-state index in [1.165, 1.54) is 19.2 Å². The molecule has 2 aromatic rings. The Morgan fingerprint density at radius 1 is 1.32 bits per heavy atom. The molecule has 0 saturated carbocycles. The molecule has 1 aromatic carbocycles. The van der Waals surface area contributed by atoms with Gasteiger partial charge in [0.15, 0.2) is 0 Å². The van der Waals surface area contributed by atoms with Crippen molar-refractivity contribution in [2.45, 2.75) is 6.43 Å². The van der Waals surface area contributed by atoms with E-state index >= 15 is 0 Å². The number of aryl methyl sites for hydroxylation is 1. The fourth-order valence-corrected chi connectivity index (χ4v) is 1.88. The normalized spacial score (nSPS) is 11.0. The third-order valence-electron chi connectivity index (χ3n) is 2.65. The number of hydrogen-bond acceptors (Lipinski definition) is 2. The standard InChI is InChI=1S/C12H10F3N3O/c1-18-10(6-2-4-7(13)5-3-6)8(12(16)19)9(17-18)11(14)15/h2-5,11H,1H3,(H2,16,19). The Morgan fingerprint density at radius 2 is 1.89 bits per heavy atom. The van der Waals surface area contributed by atoms with Crippen molar-refractivity contribution in [2.24, 2.45) is 12.8 Å². The highest BCUT2D eigenvalue weighted by molar-refractivity contribution is 6.00. The van der Waals surface area contributed by atoms with E-state index in [2.05, 4.69) is 5.10 Å². The van der Waals surface area contributed by atoms with Crippen LogP contribution >= 0.6 is 0 Å². The lowest BCUT2D eigenvalue weighted by Gasteiger charge is -2.04. The van der Waals surface area contributed by atoms with Crippen LogP contribution in [-0.2, 0) is 7.05 Å². The van der Waals surface area contributed by atoms with Crippen LogP contribution in [0.5, 0.6) is 0 Å². The Morgan fingerprint density at radius 3 is 2.37 bits per heavy atom. The summed E-state index contributed by atoms with van der Waals surface area (Å²) in [5.74, 6) is -1.47. The van der Waals surface area contributed by atoms with E-state index in [4.69, 9.17) is 5.73 Å². The van der Waals surface area contributed by atoms with Gasteiger partial charge in [0.1, 0.15) is 11.5 Å². The Bertz CT molecular complexity index is 620. The number of nitrogens with two attached hydrogens (primary N) is 1. The fourth-order valence-electron chi connectivity index (χ4n) is 1.88. The number of nitrogens with zero attached hydrogens (tertiary/aromatic N) is 2. The van der Waals surface area contributed by atoms with Crippen LogP contribution in [-0.4, -0.2) is 15.7 Å². The van der Waals surface area contributed by atoms with E-state index in [-0.39, 0.29) is 11.3 Å². The summed E-state index contributed by atoms with van der Waals surface area (Å²) in [5.41, 5.74) is 4.65. The summed E-state index contributed by atoms with van der Waals surface area (Å²) in [5, 5.41) is 3.60. The monoisotopic (exact) mass is 269 g/mol. The van der Waals surface area contributed by atoms with Gasteiger partial charge in [0.05, 0.1) is 11.3 Å². The topological polar surface area (TPSA) is 60.9 Å². The Hall–Kier alpha value is -2.31. The van der Waals surface area contributed by atoms with Gasteiger partial charge in [-0.05, 0) is 24.3 Å². The minimum Gasteiger partial charge on any atom is -0.365 e. The van der Waals surface area contributed by atoms with Crippen LogP contribution in [0.15, 0.2) is 24.3 Å². The maximum Gasteiger partial charge on any atom is 0.282 e. The van der Waals surface area contributed by atoms with Crippen molar-refractivity contribution in [1.82, 2.24) is 9.78 Å². The zero-order valence-corrected chi connectivity index (χ0v) is 9.90. The van der Waals surface area contributed by atoms with Crippen LogP contribution in [0.1, 0.15) is 22.5 Å². The lowest BCUT2D eigenvalue weighted by Crippen LogP contribution is -2.14. The maximum atomic E-state index is 12.9. The van der Waals surface area contributed by atoms with Gasteiger partial charge in [-0.25, -0.2) is 13.2 Å². The van der Waals surface area contributed by atoms with Crippen molar-refractivity contribution < 1.29 is 18.0 Å². The van der Waals surface area contributed by atoms with Crippen molar-refractivity contribution in [3.8, 4) is 11.3 Å². The first kappa shape index (κ1) is 13.1. The predicted octanol–water partition coefficient (Wildman–Crippen LogP) is 2.26. The van der Waals surface area contributed by atoms with Crippen LogP contribution in [0.3, 0.4) is 0 Å². The number of carbonyl (C=O) groups excluding carboxylic acids is 1. The minimum absolute atomic E-state index is 0.141. The Kier molecular flexibility index (Phi) is 3.28. The molecule has 100 valence electrons. The molecule has 0 aliphatic heterocycles. The molecule has 0 atom stereocenters. The Balaban J connectivity index is 2.68. The smallest absolute Gasteiger partial charge is 0.282 e. The van der Waals surface area contributed by atoms with Crippen LogP contribution in [0.4, 0.5) is 13.2 Å². The summed E-state index contributed by atoms with van der Waals surface area (Å²) in [6.45, 7) is 0.